The van der Waals surface area contributed by atoms with Crippen LogP contribution in [0.5, 0.6) is 0 Å². The van der Waals surface area contributed by atoms with Gasteiger partial charge in [-0.15, -0.1) is 0 Å². The van der Waals surface area contributed by atoms with Gasteiger partial charge in [-0.1, -0.05) is 43.3 Å². The highest BCUT2D eigenvalue weighted by molar-refractivity contribution is 5.89. The van der Waals surface area contributed by atoms with E-state index in [0.29, 0.717) is 17.7 Å². The number of unbranched alkanes of at least 4 members (excludes halogenated alkanes) is 1. The molecule has 0 aromatic heterocycles. The molecule has 0 aliphatic rings. The standard InChI is InChI=1S/C21H24O4/c1-2-19(25-21(23)18-13-7-4-8-14-18)15-9-10-16-24-20(22)17-11-5-3-6-12-17/h3-8,11-14,19H,2,9-10,15-16H2,1H3. The lowest BCUT2D eigenvalue weighted by molar-refractivity contribution is 0.0261. The minimum atomic E-state index is -0.303. The molecular weight excluding hydrogens is 316 g/mol. The first-order valence-electron chi connectivity index (χ1n) is 8.69. The summed E-state index contributed by atoms with van der Waals surface area (Å²) in [6, 6.07) is 17.9. The molecule has 0 saturated heterocycles. The molecule has 0 spiro atoms. The molecule has 2 aromatic rings. The predicted octanol–water partition coefficient (Wildman–Crippen LogP) is 4.65. The van der Waals surface area contributed by atoms with Crippen molar-refractivity contribution in [2.24, 2.45) is 0 Å². The molecule has 0 N–H and O–H groups in total. The second-order valence-electron chi connectivity index (χ2n) is 5.80. The average Bonchev–Trinajstić information content (AvgIpc) is 2.67. The van der Waals surface area contributed by atoms with E-state index >= 15 is 0 Å². The van der Waals surface area contributed by atoms with E-state index in [9.17, 15) is 9.59 Å². The van der Waals surface area contributed by atoms with Crippen LogP contribution in [0.25, 0.3) is 0 Å². The Bertz CT molecular complexity index is 652. The zero-order valence-electron chi connectivity index (χ0n) is 14.5. The number of hydrogen-bond donors (Lipinski definition) is 0. The lowest BCUT2D eigenvalue weighted by atomic mass is 10.1. The third-order valence-electron chi connectivity index (χ3n) is 3.90. The Balaban J connectivity index is 1.66. The molecule has 0 amide bonds. The minimum Gasteiger partial charge on any atom is -0.462 e. The van der Waals surface area contributed by atoms with Crippen LogP contribution in [0.4, 0.5) is 0 Å². The molecule has 4 nitrogen and oxygen atoms in total. The van der Waals surface area contributed by atoms with Crippen molar-refractivity contribution in [2.45, 2.75) is 38.7 Å². The molecule has 0 radical (unpaired) electrons. The summed E-state index contributed by atoms with van der Waals surface area (Å²) in [6.07, 6.45) is 3.00. The monoisotopic (exact) mass is 340 g/mol. The van der Waals surface area contributed by atoms with Gasteiger partial charge in [0, 0.05) is 0 Å². The van der Waals surface area contributed by atoms with Gasteiger partial charge in [-0.05, 0) is 49.9 Å². The van der Waals surface area contributed by atoms with Crippen molar-refractivity contribution in [3.8, 4) is 0 Å². The Kier molecular flexibility index (Phi) is 7.70. The van der Waals surface area contributed by atoms with Crippen molar-refractivity contribution in [3.63, 3.8) is 0 Å². The third kappa shape index (κ3) is 6.42. The topological polar surface area (TPSA) is 52.6 Å². The molecule has 4 heteroatoms. The Morgan fingerprint density at radius 1 is 0.840 bits per heavy atom. The van der Waals surface area contributed by atoms with Crippen LogP contribution in [-0.4, -0.2) is 24.6 Å². The zero-order chi connectivity index (χ0) is 17.9. The number of carbonyl (C=O) groups excluding carboxylic acids is 2. The lowest BCUT2D eigenvalue weighted by Crippen LogP contribution is -2.18. The van der Waals surface area contributed by atoms with Crippen LogP contribution < -0.4 is 0 Å². The third-order valence-corrected chi connectivity index (χ3v) is 3.90. The maximum Gasteiger partial charge on any atom is 0.338 e. The summed E-state index contributed by atoms with van der Waals surface area (Å²) >= 11 is 0. The van der Waals surface area contributed by atoms with Gasteiger partial charge < -0.3 is 9.47 Å². The van der Waals surface area contributed by atoms with Gasteiger partial charge in [-0.3, -0.25) is 0 Å². The first-order chi connectivity index (χ1) is 12.2. The summed E-state index contributed by atoms with van der Waals surface area (Å²) in [6.45, 7) is 2.37. The van der Waals surface area contributed by atoms with Crippen LogP contribution in [0, 0.1) is 0 Å². The summed E-state index contributed by atoms with van der Waals surface area (Å²) < 4.78 is 10.8. The molecule has 0 aliphatic carbocycles. The largest absolute Gasteiger partial charge is 0.462 e. The van der Waals surface area contributed by atoms with Crippen LogP contribution in [0.3, 0.4) is 0 Å². The molecule has 2 aromatic carbocycles. The number of rotatable bonds is 9. The number of carbonyl (C=O) groups is 2. The molecule has 0 saturated carbocycles. The molecule has 0 fully saturated rings. The van der Waals surface area contributed by atoms with E-state index in [1.165, 1.54) is 0 Å². The van der Waals surface area contributed by atoms with Crippen molar-refractivity contribution < 1.29 is 19.1 Å². The number of ether oxygens (including phenoxy) is 2. The van der Waals surface area contributed by atoms with E-state index < -0.39 is 0 Å². The van der Waals surface area contributed by atoms with Crippen LogP contribution in [0.2, 0.25) is 0 Å². The normalized spacial score (nSPS) is 11.6. The second kappa shape index (κ2) is 10.3. The van der Waals surface area contributed by atoms with Crippen LogP contribution in [0.15, 0.2) is 60.7 Å². The average molecular weight is 340 g/mol. The second-order valence-corrected chi connectivity index (χ2v) is 5.80. The fourth-order valence-electron chi connectivity index (χ4n) is 2.44. The van der Waals surface area contributed by atoms with Crippen molar-refractivity contribution in [1.29, 1.82) is 0 Å². The minimum absolute atomic E-state index is 0.113. The van der Waals surface area contributed by atoms with Gasteiger partial charge in [-0.2, -0.15) is 0 Å². The Labute approximate surface area is 148 Å². The first-order valence-corrected chi connectivity index (χ1v) is 8.69. The van der Waals surface area contributed by atoms with Gasteiger partial charge in [0.2, 0.25) is 0 Å². The first kappa shape index (κ1) is 18.7. The molecule has 132 valence electrons. The van der Waals surface area contributed by atoms with Gasteiger partial charge in [0.25, 0.3) is 0 Å². The fourth-order valence-corrected chi connectivity index (χ4v) is 2.44. The fraction of sp³-hybridized carbons (Fsp3) is 0.333. The SMILES string of the molecule is CCC(CCCCOC(=O)c1ccccc1)OC(=O)c1ccccc1. The van der Waals surface area contributed by atoms with Gasteiger partial charge in [-0.25, -0.2) is 9.59 Å². The summed E-state index contributed by atoms with van der Waals surface area (Å²) in [5.74, 6) is -0.592. The molecule has 2 rings (SSSR count). The lowest BCUT2D eigenvalue weighted by Gasteiger charge is -2.16. The van der Waals surface area contributed by atoms with Crippen molar-refractivity contribution in [3.05, 3.63) is 71.8 Å². The van der Waals surface area contributed by atoms with E-state index in [2.05, 4.69) is 0 Å². The highest BCUT2D eigenvalue weighted by atomic mass is 16.5. The molecular formula is C21H24O4. The van der Waals surface area contributed by atoms with E-state index in [4.69, 9.17) is 9.47 Å². The van der Waals surface area contributed by atoms with Crippen molar-refractivity contribution in [2.75, 3.05) is 6.61 Å². The Morgan fingerprint density at radius 3 is 1.96 bits per heavy atom. The summed E-state index contributed by atoms with van der Waals surface area (Å²) in [5, 5.41) is 0. The zero-order valence-corrected chi connectivity index (χ0v) is 14.5. The van der Waals surface area contributed by atoms with Crippen molar-refractivity contribution in [1.82, 2.24) is 0 Å². The maximum atomic E-state index is 12.1. The summed E-state index contributed by atoms with van der Waals surface area (Å²) in [4.78, 5) is 23.9. The quantitative estimate of drug-likeness (QED) is 0.492. The predicted molar refractivity (Wildman–Crippen MR) is 96.5 cm³/mol. The van der Waals surface area contributed by atoms with E-state index in [0.717, 1.165) is 25.7 Å². The van der Waals surface area contributed by atoms with Gasteiger partial charge in [0.05, 0.1) is 17.7 Å². The van der Waals surface area contributed by atoms with Gasteiger partial charge in [0.1, 0.15) is 6.10 Å². The van der Waals surface area contributed by atoms with Gasteiger partial charge in [0.15, 0.2) is 0 Å². The van der Waals surface area contributed by atoms with E-state index in [1.54, 1.807) is 24.3 Å². The Hall–Kier alpha value is -2.62. The summed E-state index contributed by atoms with van der Waals surface area (Å²) in [7, 11) is 0. The van der Waals surface area contributed by atoms with Crippen LogP contribution in [-0.2, 0) is 9.47 Å². The van der Waals surface area contributed by atoms with E-state index in [1.807, 2.05) is 43.3 Å². The van der Waals surface area contributed by atoms with Crippen LogP contribution in [0.1, 0.15) is 53.3 Å². The number of benzene rings is 2. The smallest absolute Gasteiger partial charge is 0.338 e. The molecule has 0 aliphatic heterocycles. The molecule has 0 heterocycles. The maximum absolute atomic E-state index is 12.1. The molecule has 1 atom stereocenters. The van der Waals surface area contributed by atoms with Gasteiger partial charge >= 0.3 is 11.9 Å². The highest BCUT2D eigenvalue weighted by Crippen LogP contribution is 2.12. The van der Waals surface area contributed by atoms with E-state index in [-0.39, 0.29) is 18.0 Å². The highest BCUT2D eigenvalue weighted by Gasteiger charge is 2.14. The van der Waals surface area contributed by atoms with Crippen molar-refractivity contribution >= 4 is 11.9 Å². The Morgan fingerprint density at radius 2 is 1.40 bits per heavy atom. The number of hydrogen-bond acceptors (Lipinski definition) is 4. The summed E-state index contributed by atoms with van der Waals surface area (Å²) in [5.41, 5.74) is 1.13. The van der Waals surface area contributed by atoms with Crippen LogP contribution >= 0.6 is 0 Å². The number of esters is 2. The molecule has 25 heavy (non-hydrogen) atoms. The molecule has 0 bridgehead atoms. The molecule has 1 unspecified atom stereocenters.